The highest BCUT2D eigenvalue weighted by Gasteiger charge is 2.26. The van der Waals surface area contributed by atoms with Crippen LogP contribution in [0.3, 0.4) is 0 Å². The number of hydrogen-bond acceptors (Lipinski definition) is 4. The summed E-state index contributed by atoms with van der Waals surface area (Å²) in [4.78, 5) is 12.3. The van der Waals surface area contributed by atoms with E-state index in [0.29, 0.717) is 17.3 Å². The molecule has 5 nitrogen and oxygen atoms in total. The van der Waals surface area contributed by atoms with Crippen molar-refractivity contribution in [1.82, 2.24) is 20.1 Å². The second-order valence-corrected chi connectivity index (χ2v) is 7.37. The van der Waals surface area contributed by atoms with Crippen molar-refractivity contribution in [2.75, 3.05) is 6.54 Å². The first kappa shape index (κ1) is 17.5. The summed E-state index contributed by atoms with van der Waals surface area (Å²) in [6.07, 6.45) is 1.59. The fraction of sp³-hybridized carbons (Fsp3) is 0.438. The summed E-state index contributed by atoms with van der Waals surface area (Å²) in [6, 6.07) is 6.65. The van der Waals surface area contributed by atoms with Gasteiger partial charge in [-0.1, -0.05) is 43.8 Å². The molecule has 124 valence electrons. The second-order valence-electron chi connectivity index (χ2n) is 6.07. The lowest BCUT2D eigenvalue weighted by Crippen LogP contribution is -2.40. The summed E-state index contributed by atoms with van der Waals surface area (Å²) in [5.74, 6) is -0.365. The molecule has 0 bridgehead atoms. The van der Waals surface area contributed by atoms with Crippen molar-refractivity contribution in [3.05, 3.63) is 42.0 Å². The Morgan fingerprint density at radius 3 is 2.74 bits per heavy atom. The Hall–Kier alpha value is -1.89. The number of carbonyl (C=O) groups is 1. The summed E-state index contributed by atoms with van der Waals surface area (Å²) in [5, 5.41) is 11.0. The van der Waals surface area contributed by atoms with E-state index < -0.39 is 5.41 Å². The molecule has 23 heavy (non-hydrogen) atoms. The molecule has 1 heterocycles. The van der Waals surface area contributed by atoms with Crippen LogP contribution in [-0.2, 0) is 17.3 Å². The molecule has 0 saturated heterocycles. The number of hydrogen-bond donors (Lipinski definition) is 1. The first-order chi connectivity index (χ1) is 10.8. The van der Waals surface area contributed by atoms with E-state index in [0.717, 1.165) is 0 Å². The molecule has 1 amide bonds. The summed E-state index contributed by atoms with van der Waals surface area (Å²) in [7, 11) is 1.83. The highest BCUT2D eigenvalue weighted by atomic mass is 32.2. The number of nitrogens with one attached hydrogen (secondary N) is 1. The Balaban J connectivity index is 1.95. The molecule has 2 aromatic rings. The molecule has 0 aliphatic carbocycles. The summed E-state index contributed by atoms with van der Waals surface area (Å²) in [6.45, 7) is 5.99. The number of rotatable bonds is 6. The van der Waals surface area contributed by atoms with Gasteiger partial charge < -0.3 is 9.88 Å². The van der Waals surface area contributed by atoms with Gasteiger partial charge in [0.1, 0.15) is 12.1 Å². The Kier molecular flexibility index (Phi) is 5.41. The van der Waals surface area contributed by atoms with Gasteiger partial charge in [-0.15, -0.1) is 10.2 Å². The maximum absolute atomic E-state index is 13.9. The molecule has 1 aromatic carbocycles. The highest BCUT2D eigenvalue weighted by Crippen LogP contribution is 2.25. The van der Waals surface area contributed by atoms with Gasteiger partial charge >= 0.3 is 0 Å². The van der Waals surface area contributed by atoms with Gasteiger partial charge in [-0.25, -0.2) is 4.39 Å². The second kappa shape index (κ2) is 7.12. The van der Waals surface area contributed by atoms with E-state index in [9.17, 15) is 9.18 Å². The van der Waals surface area contributed by atoms with Gasteiger partial charge in [0, 0.05) is 19.0 Å². The van der Waals surface area contributed by atoms with Crippen molar-refractivity contribution in [1.29, 1.82) is 0 Å². The van der Waals surface area contributed by atoms with Crippen molar-refractivity contribution in [3.8, 4) is 0 Å². The van der Waals surface area contributed by atoms with Gasteiger partial charge in [-0.3, -0.25) is 4.79 Å². The first-order valence-corrected chi connectivity index (χ1v) is 8.22. The van der Waals surface area contributed by atoms with E-state index >= 15 is 0 Å². The van der Waals surface area contributed by atoms with E-state index in [1.807, 2.05) is 27.8 Å². The maximum Gasteiger partial charge on any atom is 0.233 e. The number of carbonyl (C=O) groups excluding carboxylic acids is 1. The van der Waals surface area contributed by atoms with Crippen molar-refractivity contribution < 1.29 is 9.18 Å². The standard InChI is InChI=1S/C16H21FN4OS/c1-11(23-15-20-19-10-21(15)4)14(22)18-9-16(2,3)12-7-5-6-8-13(12)17/h5-8,10-11H,9H2,1-4H3,(H,18,22)/t11-/m1/s1. The van der Waals surface area contributed by atoms with Crippen LogP contribution in [0.2, 0.25) is 0 Å². The van der Waals surface area contributed by atoms with Crippen LogP contribution in [0, 0.1) is 5.82 Å². The van der Waals surface area contributed by atoms with Gasteiger partial charge in [0.2, 0.25) is 5.91 Å². The molecule has 7 heteroatoms. The van der Waals surface area contributed by atoms with Gasteiger partial charge in [-0.2, -0.15) is 0 Å². The highest BCUT2D eigenvalue weighted by molar-refractivity contribution is 8.00. The van der Waals surface area contributed by atoms with E-state index in [1.54, 1.807) is 29.1 Å². The van der Waals surface area contributed by atoms with Crippen LogP contribution in [0.4, 0.5) is 4.39 Å². The predicted octanol–water partition coefficient (Wildman–Crippen LogP) is 2.53. The fourth-order valence-electron chi connectivity index (χ4n) is 2.15. The zero-order valence-corrected chi connectivity index (χ0v) is 14.5. The summed E-state index contributed by atoms with van der Waals surface area (Å²) >= 11 is 1.34. The average molecular weight is 336 g/mol. The minimum absolute atomic E-state index is 0.109. The molecule has 0 aliphatic heterocycles. The Morgan fingerprint density at radius 1 is 1.43 bits per heavy atom. The van der Waals surface area contributed by atoms with E-state index in [4.69, 9.17) is 0 Å². The smallest absolute Gasteiger partial charge is 0.233 e. The lowest BCUT2D eigenvalue weighted by atomic mass is 9.84. The molecule has 0 aliphatic rings. The molecular formula is C16H21FN4OS. The lowest BCUT2D eigenvalue weighted by molar-refractivity contribution is -0.120. The number of aryl methyl sites for hydroxylation is 1. The van der Waals surface area contributed by atoms with Gasteiger partial charge in [0.05, 0.1) is 5.25 Å². The minimum atomic E-state index is -0.490. The molecule has 0 saturated carbocycles. The molecule has 1 atom stereocenters. The van der Waals surface area contributed by atoms with Crippen LogP contribution in [-0.4, -0.2) is 32.5 Å². The zero-order chi connectivity index (χ0) is 17.0. The van der Waals surface area contributed by atoms with Gasteiger partial charge in [0.15, 0.2) is 5.16 Å². The van der Waals surface area contributed by atoms with Crippen molar-refractivity contribution in [2.24, 2.45) is 7.05 Å². The quantitative estimate of drug-likeness (QED) is 0.824. The summed E-state index contributed by atoms with van der Waals surface area (Å²) < 4.78 is 15.7. The Bertz CT molecular complexity index is 686. The number of nitrogens with zero attached hydrogens (tertiary/aromatic N) is 3. The van der Waals surface area contributed by atoms with Crippen LogP contribution in [0.5, 0.6) is 0 Å². The Labute approximate surface area is 139 Å². The summed E-state index contributed by atoms with van der Waals surface area (Å²) in [5.41, 5.74) is 0.102. The number of thioether (sulfide) groups is 1. The van der Waals surface area contributed by atoms with Gasteiger partial charge in [-0.05, 0) is 18.6 Å². The molecule has 1 N–H and O–H groups in total. The first-order valence-electron chi connectivity index (χ1n) is 7.34. The molecule has 2 rings (SSSR count). The van der Waals surface area contributed by atoms with Crippen LogP contribution in [0.1, 0.15) is 26.3 Å². The van der Waals surface area contributed by atoms with Gasteiger partial charge in [0.25, 0.3) is 0 Å². The van der Waals surface area contributed by atoms with Crippen LogP contribution < -0.4 is 5.32 Å². The number of halogens is 1. The van der Waals surface area contributed by atoms with E-state index in [1.165, 1.54) is 17.8 Å². The van der Waals surface area contributed by atoms with Crippen molar-refractivity contribution in [3.63, 3.8) is 0 Å². The molecule has 1 aromatic heterocycles. The fourth-order valence-corrected chi connectivity index (χ4v) is 2.96. The average Bonchev–Trinajstić information content (AvgIpc) is 2.90. The largest absolute Gasteiger partial charge is 0.354 e. The van der Waals surface area contributed by atoms with Crippen molar-refractivity contribution in [2.45, 2.75) is 36.6 Å². The van der Waals surface area contributed by atoms with Crippen molar-refractivity contribution >= 4 is 17.7 Å². The third-order valence-corrected chi connectivity index (χ3v) is 4.78. The molecule has 0 unspecified atom stereocenters. The normalized spacial score (nSPS) is 12.9. The van der Waals surface area contributed by atoms with Crippen LogP contribution >= 0.6 is 11.8 Å². The zero-order valence-electron chi connectivity index (χ0n) is 13.7. The number of benzene rings is 1. The third-order valence-electron chi connectivity index (χ3n) is 3.63. The van der Waals surface area contributed by atoms with Crippen LogP contribution in [0.15, 0.2) is 35.7 Å². The van der Waals surface area contributed by atoms with E-state index in [-0.39, 0.29) is 17.0 Å². The third kappa shape index (κ3) is 4.31. The molecule has 0 radical (unpaired) electrons. The Morgan fingerprint density at radius 2 is 2.13 bits per heavy atom. The maximum atomic E-state index is 13.9. The number of aromatic nitrogens is 3. The molecule has 0 fully saturated rings. The predicted molar refractivity (Wildman–Crippen MR) is 88.8 cm³/mol. The van der Waals surface area contributed by atoms with Crippen LogP contribution in [0.25, 0.3) is 0 Å². The SMILES string of the molecule is C[C@@H](Sc1nncn1C)C(=O)NCC(C)(C)c1ccccc1F. The molecular weight excluding hydrogens is 315 g/mol. The van der Waals surface area contributed by atoms with E-state index in [2.05, 4.69) is 15.5 Å². The topological polar surface area (TPSA) is 59.8 Å². The molecule has 0 spiro atoms. The number of amides is 1. The lowest BCUT2D eigenvalue weighted by Gasteiger charge is -2.26. The monoisotopic (exact) mass is 336 g/mol. The minimum Gasteiger partial charge on any atom is -0.354 e.